The average Bonchev–Trinajstić information content (AvgIpc) is 1.96. The van der Waals surface area contributed by atoms with Crippen LogP contribution in [0.3, 0.4) is 0 Å². The van der Waals surface area contributed by atoms with E-state index in [1.807, 2.05) is 0 Å². The molecule has 1 aliphatic carbocycles. The monoisotopic (exact) mass is 256 g/mol. The molecule has 0 N–H and O–H groups in total. The number of rotatable bonds is 1. The first-order valence-corrected chi connectivity index (χ1v) is 5.87. The van der Waals surface area contributed by atoms with Crippen LogP contribution in [-0.4, -0.2) is 14.0 Å². The molecule has 10 heavy (non-hydrogen) atoms. The van der Waals surface area contributed by atoms with E-state index in [4.69, 9.17) is 0 Å². The molecule has 0 aromatic rings. The van der Waals surface area contributed by atoms with Crippen LogP contribution in [0, 0.1) is 0 Å². The van der Waals surface area contributed by atoms with Crippen LogP contribution in [0.15, 0.2) is 0 Å². The highest BCUT2D eigenvalue weighted by molar-refractivity contribution is 14.2. The maximum absolute atomic E-state index is 13.3. The molecule has 0 heterocycles. The molecule has 0 aromatic carbocycles. The number of ketones is 1. The summed E-state index contributed by atoms with van der Waals surface area (Å²) in [6, 6.07) is 0. The third-order valence-corrected chi connectivity index (χ3v) is 4.22. The molecule has 0 spiro atoms. The van der Waals surface area contributed by atoms with Gasteiger partial charge in [-0.3, -0.25) is 4.79 Å². The molecular weight excluding hydrogens is 246 g/mol. The highest BCUT2D eigenvalue weighted by Crippen LogP contribution is 2.38. The fourth-order valence-electron chi connectivity index (χ4n) is 1.03. The molecule has 3 heteroatoms. The van der Waals surface area contributed by atoms with Gasteiger partial charge in [-0.1, -0.05) is 25.2 Å². The van der Waals surface area contributed by atoms with Crippen LogP contribution in [0.5, 0.6) is 0 Å². The zero-order chi connectivity index (χ0) is 7.61. The zero-order valence-corrected chi connectivity index (χ0v) is 7.86. The van der Waals surface area contributed by atoms with E-state index in [1.54, 1.807) is 0 Å². The Morgan fingerprint density at radius 3 is 2.40 bits per heavy atom. The van der Waals surface area contributed by atoms with Crippen molar-refractivity contribution in [3.63, 3.8) is 0 Å². The van der Waals surface area contributed by atoms with Gasteiger partial charge in [0.1, 0.15) is 5.78 Å². The molecule has 0 unspecified atom stereocenters. The molecule has 1 aliphatic rings. The summed E-state index contributed by atoms with van der Waals surface area (Å²) in [5.74, 6) is 0.214. The summed E-state index contributed by atoms with van der Waals surface area (Å²) < 4.78 is 15.9. The van der Waals surface area contributed by atoms with Crippen molar-refractivity contribution < 1.29 is 9.18 Å². The first-order valence-electron chi connectivity index (χ1n) is 3.26. The maximum atomic E-state index is 13.3. The summed E-state index contributed by atoms with van der Waals surface area (Å²) >= 11 is -0.586. The Kier molecular flexibility index (Phi) is 2.55. The Morgan fingerprint density at radius 1 is 1.50 bits per heavy atom. The number of halogens is 2. The summed E-state index contributed by atoms with van der Waals surface area (Å²) in [5.41, 5.74) is 0. The molecule has 0 amide bonds. The molecule has 0 atom stereocenters. The summed E-state index contributed by atoms with van der Waals surface area (Å²) in [6.45, 7) is 0. The first-order chi connectivity index (χ1) is 4.66. The molecular formula is C7H10FIO. The molecule has 1 saturated carbocycles. The second-order valence-electron chi connectivity index (χ2n) is 2.53. The summed E-state index contributed by atoms with van der Waals surface area (Å²) in [6.07, 6.45) is 1.74. The van der Waals surface area contributed by atoms with Crippen molar-refractivity contribution in [2.45, 2.75) is 29.4 Å². The molecule has 0 radical (unpaired) electrons. The minimum Gasteiger partial charge on any atom is -0.300 e. The van der Waals surface area contributed by atoms with Gasteiger partial charge in [0.25, 0.3) is 0 Å². The Hall–Kier alpha value is 0.200. The highest BCUT2D eigenvalue weighted by atomic mass is 127. The standard InChI is InChI=1S/C7H10FIO/c1-9-7(8)4-2-6(10)3-5-7/h1-5H2. The fourth-order valence-corrected chi connectivity index (χ4v) is 2.33. The van der Waals surface area contributed by atoms with E-state index in [0.29, 0.717) is 25.7 Å². The molecule has 0 saturated heterocycles. The fraction of sp³-hybridized carbons (Fsp3) is 0.714. The number of carbonyl (C=O) groups excluding carboxylic acids is 1. The van der Waals surface area contributed by atoms with Gasteiger partial charge >= 0.3 is 0 Å². The average molecular weight is 256 g/mol. The van der Waals surface area contributed by atoms with Gasteiger partial charge in [0, 0.05) is 12.8 Å². The molecule has 1 rings (SSSR count). The predicted octanol–water partition coefficient (Wildman–Crippen LogP) is 2.20. The van der Waals surface area contributed by atoms with Gasteiger partial charge in [0.15, 0.2) is 3.68 Å². The lowest BCUT2D eigenvalue weighted by atomic mass is 9.98. The van der Waals surface area contributed by atoms with E-state index in [0.717, 1.165) is 0 Å². The van der Waals surface area contributed by atoms with Gasteiger partial charge in [-0.05, 0) is 12.8 Å². The lowest BCUT2D eigenvalue weighted by Gasteiger charge is -2.23. The van der Waals surface area contributed by atoms with Crippen LogP contribution in [0.4, 0.5) is 4.39 Å². The van der Waals surface area contributed by atoms with Gasteiger partial charge < -0.3 is 0 Å². The smallest absolute Gasteiger partial charge is 0.156 e. The molecule has 58 valence electrons. The topological polar surface area (TPSA) is 17.1 Å². The van der Waals surface area contributed by atoms with Crippen molar-refractivity contribution in [1.29, 1.82) is 0 Å². The van der Waals surface area contributed by atoms with Crippen molar-refractivity contribution in [1.82, 2.24) is 0 Å². The second kappa shape index (κ2) is 3.07. The normalized spacial score (nSPS) is 24.7. The van der Waals surface area contributed by atoms with Crippen molar-refractivity contribution in [3.8, 4) is 0 Å². The highest BCUT2D eigenvalue weighted by Gasteiger charge is 2.31. The van der Waals surface area contributed by atoms with Gasteiger partial charge in [-0.2, -0.15) is 0 Å². The molecule has 1 fully saturated rings. The van der Waals surface area contributed by atoms with Crippen molar-refractivity contribution in [2.75, 3.05) is 0 Å². The van der Waals surface area contributed by atoms with Gasteiger partial charge in [-0.25, -0.2) is 4.39 Å². The first kappa shape index (κ1) is 8.30. The van der Waals surface area contributed by atoms with Crippen molar-refractivity contribution in [3.05, 3.63) is 0 Å². The predicted molar refractivity (Wildman–Crippen MR) is 48.5 cm³/mol. The van der Waals surface area contributed by atoms with Gasteiger partial charge in [0.2, 0.25) is 0 Å². The Balaban J connectivity index is 2.53. The third kappa shape index (κ3) is 1.84. The zero-order valence-electron chi connectivity index (χ0n) is 5.70. The maximum Gasteiger partial charge on any atom is 0.156 e. The second-order valence-corrected chi connectivity index (χ2v) is 5.22. The quantitative estimate of drug-likeness (QED) is 0.519. The summed E-state index contributed by atoms with van der Waals surface area (Å²) in [4.78, 5) is 10.7. The van der Waals surface area contributed by atoms with E-state index < -0.39 is 24.4 Å². The Bertz CT molecular complexity index is 157. The van der Waals surface area contributed by atoms with Crippen molar-refractivity contribution >= 4 is 31.0 Å². The van der Waals surface area contributed by atoms with Crippen LogP contribution >= 0.6 is 20.7 Å². The number of hydrogen-bond donors (Lipinski definition) is 0. The number of alkyl halides is 2. The SMILES string of the molecule is C=IC1(F)CCC(=O)CC1. The molecule has 0 aliphatic heterocycles. The summed E-state index contributed by atoms with van der Waals surface area (Å²) in [7, 11) is 0. The Labute approximate surface area is 69.7 Å². The van der Waals surface area contributed by atoms with Crippen LogP contribution in [0.25, 0.3) is 0 Å². The minimum absolute atomic E-state index is 0.214. The molecule has 0 aromatic heterocycles. The van der Waals surface area contributed by atoms with Crippen molar-refractivity contribution in [2.24, 2.45) is 0 Å². The van der Waals surface area contributed by atoms with Crippen LogP contribution in [-0.2, 0) is 4.79 Å². The molecule has 0 bridgehead atoms. The molecule has 1 nitrogen and oxygen atoms in total. The number of Topliss-reactive ketones (excluding diaryl/α,β-unsaturated/α-hetero) is 1. The lowest BCUT2D eigenvalue weighted by Crippen LogP contribution is -2.23. The van der Waals surface area contributed by atoms with E-state index in [-0.39, 0.29) is 5.78 Å². The van der Waals surface area contributed by atoms with E-state index in [2.05, 4.69) is 4.51 Å². The number of hydrogen-bond acceptors (Lipinski definition) is 1. The van der Waals surface area contributed by atoms with E-state index >= 15 is 0 Å². The number of carbonyl (C=O) groups is 1. The van der Waals surface area contributed by atoms with Gasteiger partial charge in [0.05, 0.1) is 0 Å². The van der Waals surface area contributed by atoms with Crippen LogP contribution in [0.1, 0.15) is 25.7 Å². The summed E-state index contributed by atoms with van der Waals surface area (Å²) in [5, 5.41) is 0. The minimum atomic E-state index is -1.02. The largest absolute Gasteiger partial charge is 0.300 e. The lowest BCUT2D eigenvalue weighted by molar-refractivity contribution is -0.121. The van der Waals surface area contributed by atoms with Crippen LogP contribution < -0.4 is 0 Å². The Morgan fingerprint density at radius 2 is 2.00 bits per heavy atom. The van der Waals surface area contributed by atoms with Gasteiger partial charge in [-0.15, -0.1) is 0 Å². The van der Waals surface area contributed by atoms with E-state index in [1.165, 1.54) is 0 Å². The van der Waals surface area contributed by atoms with E-state index in [9.17, 15) is 9.18 Å². The third-order valence-electron chi connectivity index (χ3n) is 1.78. The van der Waals surface area contributed by atoms with Crippen LogP contribution in [0.2, 0.25) is 0 Å².